The second kappa shape index (κ2) is 11.6. The van der Waals surface area contributed by atoms with Crippen molar-refractivity contribution in [3.05, 3.63) is 18.2 Å². The van der Waals surface area contributed by atoms with Gasteiger partial charge in [0.15, 0.2) is 0 Å². The van der Waals surface area contributed by atoms with Crippen LogP contribution in [0.3, 0.4) is 0 Å². The van der Waals surface area contributed by atoms with Gasteiger partial charge in [0.1, 0.15) is 5.75 Å². The van der Waals surface area contributed by atoms with Gasteiger partial charge in [-0.3, -0.25) is 4.79 Å². The van der Waals surface area contributed by atoms with Gasteiger partial charge >= 0.3 is 0 Å². The van der Waals surface area contributed by atoms with Gasteiger partial charge in [0.2, 0.25) is 15.9 Å². The van der Waals surface area contributed by atoms with Crippen LogP contribution in [0, 0.1) is 11.8 Å². The minimum absolute atomic E-state index is 0.103. The minimum Gasteiger partial charge on any atom is -0.495 e. The number of nitrogens with zero attached hydrogens (tertiary/aromatic N) is 3. The third kappa shape index (κ3) is 6.01. The highest BCUT2D eigenvalue weighted by Crippen LogP contribution is 2.34. The Labute approximate surface area is 200 Å². The van der Waals surface area contributed by atoms with Gasteiger partial charge in [-0.25, -0.2) is 8.42 Å². The molecule has 3 rings (SSSR count). The number of rotatable bonds is 9. The first kappa shape index (κ1) is 25.8. The number of benzene rings is 1. The smallest absolute Gasteiger partial charge is 0.243 e. The summed E-state index contributed by atoms with van der Waals surface area (Å²) >= 11 is 0. The Hall–Kier alpha value is -1.80. The summed E-state index contributed by atoms with van der Waals surface area (Å²) in [6.07, 6.45) is 5.98. The van der Waals surface area contributed by atoms with Gasteiger partial charge < -0.3 is 14.5 Å². The number of unbranched alkanes of at least 4 members (excludes halogenated alkanes) is 1. The summed E-state index contributed by atoms with van der Waals surface area (Å²) < 4.78 is 33.8. The number of ether oxygens (including phenoxy) is 1. The molecule has 2 heterocycles. The predicted molar refractivity (Wildman–Crippen MR) is 132 cm³/mol. The molecule has 0 radical (unpaired) electrons. The normalized spacial score (nSPS) is 21.2. The van der Waals surface area contributed by atoms with E-state index in [1.807, 2.05) is 4.90 Å². The Morgan fingerprint density at radius 1 is 1.15 bits per heavy atom. The quantitative estimate of drug-likeness (QED) is 0.536. The Kier molecular flexibility index (Phi) is 9.04. The Balaban J connectivity index is 1.74. The summed E-state index contributed by atoms with van der Waals surface area (Å²) in [6.45, 7) is 10.1. The molecule has 7 nitrogen and oxygen atoms in total. The summed E-state index contributed by atoms with van der Waals surface area (Å²) in [6, 6.07) is 5.16. The summed E-state index contributed by atoms with van der Waals surface area (Å²) in [7, 11) is -1.93. The van der Waals surface area contributed by atoms with Crippen LogP contribution in [0.2, 0.25) is 0 Å². The summed E-state index contributed by atoms with van der Waals surface area (Å²) in [5.74, 6) is 1.40. The molecule has 186 valence electrons. The van der Waals surface area contributed by atoms with Crippen molar-refractivity contribution >= 4 is 21.6 Å². The highest BCUT2D eigenvalue weighted by Gasteiger charge is 2.31. The molecule has 8 heteroatoms. The van der Waals surface area contributed by atoms with Crippen LogP contribution in [0.25, 0.3) is 0 Å². The van der Waals surface area contributed by atoms with Crippen LogP contribution in [0.1, 0.15) is 59.3 Å². The van der Waals surface area contributed by atoms with E-state index in [4.69, 9.17) is 4.74 Å². The molecular formula is C25H41N3O4S. The standard InChI is InChI=1S/C25H41N3O4S/c1-5-7-10-21(6-2)25(29)27-16-14-26(15-17-27)23-18-22(11-12-24(23)32-4)33(30,31)28-13-8-9-20(3)19-28/h11-12,18,20-21H,5-10,13-17,19H2,1-4H3/t20-,21-/m1/s1. The molecule has 1 amide bonds. The monoisotopic (exact) mass is 479 g/mol. The lowest BCUT2D eigenvalue weighted by atomic mass is 9.97. The molecule has 0 spiro atoms. The second-order valence-electron chi connectivity index (χ2n) is 9.50. The SMILES string of the molecule is CCCC[C@@H](CC)C(=O)N1CCN(c2cc(S(=O)(=O)N3CCC[C@@H](C)C3)ccc2OC)CC1. The van der Waals surface area contributed by atoms with Crippen molar-refractivity contribution in [1.29, 1.82) is 0 Å². The van der Waals surface area contributed by atoms with Crippen molar-refractivity contribution < 1.29 is 17.9 Å². The zero-order valence-electron chi connectivity index (χ0n) is 20.8. The lowest BCUT2D eigenvalue weighted by molar-refractivity contribution is -0.136. The lowest BCUT2D eigenvalue weighted by Crippen LogP contribution is -2.50. The van der Waals surface area contributed by atoms with E-state index in [1.165, 1.54) is 0 Å². The molecular weight excluding hydrogens is 438 g/mol. The van der Waals surface area contributed by atoms with E-state index in [0.717, 1.165) is 44.2 Å². The maximum atomic E-state index is 13.3. The van der Waals surface area contributed by atoms with Crippen molar-refractivity contribution in [3.63, 3.8) is 0 Å². The van der Waals surface area contributed by atoms with E-state index in [9.17, 15) is 13.2 Å². The van der Waals surface area contributed by atoms with Gasteiger partial charge in [-0.15, -0.1) is 0 Å². The number of carbonyl (C=O) groups is 1. The topological polar surface area (TPSA) is 70.2 Å². The zero-order valence-corrected chi connectivity index (χ0v) is 21.6. The fourth-order valence-electron chi connectivity index (χ4n) is 4.97. The van der Waals surface area contributed by atoms with Crippen molar-refractivity contribution in [3.8, 4) is 5.75 Å². The molecule has 2 fully saturated rings. The molecule has 2 aliphatic heterocycles. The molecule has 0 unspecified atom stereocenters. The number of hydrogen-bond donors (Lipinski definition) is 0. The van der Waals surface area contributed by atoms with Gasteiger partial charge in [-0.2, -0.15) is 4.31 Å². The number of piperidine rings is 1. The fourth-order valence-corrected chi connectivity index (χ4v) is 6.59. The first-order valence-corrected chi connectivity index (χ1v) is 14.0. The average Bonchev–Trinajstić information content (AvgIpc) is 2.84. The number of anilines is 1. The van der Waals surface area contributed by atoms with Crippen LogP contribution in [-0.2, 0) is 14.8 Å². The van der Waals surface area contributed by atoms with E-state index in [1.54, 1.807) is 29.6 Å². The summed E-state index contributed by atoms with van der Waals surface area (Å²) in [5, 5.41) is 0. The van der Waals surface area contributed by atoms with Crippen LogP contribution in [-0.4, -0.2) is 69.9 Å². The highest BCUT2D eigenvalue weighted by molar-refractivity contribution is 7.89. The van der Waals surface area contributed by atoms with Crippen LogP contribution >= 0.6 is 0 Å². The molecule has 0 saturated carbocycles. The number of hydrogen-bond acceptors (Lipinski definition) is 5. The molecule has 33 heavy (non-hydrogen) atoms. The second-order valence-corrected chi connectivity index (χ2v) is 11.4. The molecule has 0 bridgehead atoms. The Bertz CT molecular complexity index is 897. The largest absolute Gasteiger partial charge is 0.495 e. The first-order valence-electron chi connectivity index (χ1n) is 12.5. The number of carbonyl (C=O) groups excluding carboxylic acids is 1. The van der Waals surface area contributed by atoms with Crippen molar-refractivity contribution in [2.75, 3.05) is 51.3 Å². The summed E-state index contributed by atoms with van der Waals surface area (Å²) in [4.78, 5) is 17.4. The molecule has 2 aliphatic rings. The third-order valence-corrected chi connectivity index (χ3v) is 8.95. The first-order chi connectivity index (χ1) is 15.8. The van der Waals surface area contributed by atoms with Crippen LogP contribution in [0.4, 0.5) is 5.69 Å². The average molecular weight is 480 g/mol. The van der Waals surface area contributed by atoms with E-state index < -0.39 is 10.0 Å². The van der Waals surface area contributed by atoms with Crippen LogP contribution < -0.4 is 9.64 Å². The maximum Gasteiger partial charge on any atom is 0.243 e. The molecule has 1 aromatic carbocycles. The van der Waals surface area contributed by atoms with Gasteiger partial charge in [-0.05, 0) is 49.8 Å². The van der Waals surface area contributed by atoms with Crippen molar-refractivity contribution in [2.24, 2.45) is 11.8 Å². The number of amides is 1. The molecule has 2 saturated heterocycles. The zero-order chi connectivity index (χ0) is 24.0. The number of sulfonamides is 1. The van der Waals surface area contributed by atoms with Crippen molar-refractivity contribution in [2.45, 2.75) is 64.2 Å². The van der Waals surface area contributed by atoms with E-state index >= 15 is 0 Å². The van der Waals surface area contributed by atoms with E-state index in [0.29, 0.717) is 55.8 Å². The molecule has 2 atom stereocenters. The van der Waals surface area contributed by atoms with Crippen LogP contribution in [0.5, 0.6) is 5.75 Å². The third-order valence-electron chi connectivity index (χ3n) is 7.09. The molecule has 0 aromatic heterocycles. The maximum absolute atomic E-state index is 13.3. The Morgan fingerprint density at radius 3 is 2.48 bits per heavy atom. The molecule has 0 aliphatic carbocycles. The van der Waals surface area contributed by atoms with Gasteiger partial charge in [-0.1, -0.05) is 33.6 Å². The van der Waals surface area contributed by atoms with Gasteiger partial charge in [0.25, 0.3) is 0 Å². The fraction of sp³-hybridized carbons (Fsp3) is 0.720. The number of methoxy groups -OCH3 is 1. The van der Waals surface area contributed by atoms with Crippen LogP contribution in [0.15, 0.2) is 23.1 Å². The van der Waals surface area contributed by atoms with E-state index in [2.05, 4.69) is 25.7 Å². The van der Waals surface area contributed by atoms with Gasteiger partial charge in [0, 0.05) is 45.2 Å². The van der Waals surface area contributed by atoms with E-state index in [-0.39, 0.29) is 11.8 Å². The van der Waals surface area contributed by atoms with Gasteiger partial charge in [0.05, 0.1) is 17.7 Å². The van der Waals surface area contributed by atoms with Crippen molar-refractivity contribution in [1.82, 2.24) is 9.21 Å². The molecule has 0 N–H and O–H groups in total. The summed E-state index contributed by atoms with van der Waals surface area (Å²) in [5.41, 5.74) is 0.786. The predicted octanol–water partition coefficient (Wildman–Crippen LogP) is 3.98. The molecule has 1 aromatic rings. The highest BCUT2D eigenvalue weighted by atomic mass is 32.2. The minimum atomic E-state index is -3.54. The number of piperazine rings is 1. The Morgan fingerprint density at radius 2 is 1.88 bits per heavy atom. The lowest BCUT2D eigenvalue weighted by Gasteiger charge is -2.38.